The summed E-state index contributed by atoms with van der Waals surface area (Å²) in [6, 6.07) is 22.1. The van der Waals surface area contributed by atoms with Gasteiger partial charge in [-0.05, 0) is 54.7 Å². The van der Waals surface area contributed by atoms with Crippen LogP contribution in [0, 0.1) is 0 Å². The highest BCUT2D eigenvalue weighted by Gasteiger charge is 2.32. The van der Waals surface area contributed by atoms with Crippen molar-refractivity contribution in [2.45, 2.75) is 51.5 Å². The Morgan fingerprint density at radius 1 is 1.06 bits per heavy atom. The largest absolute Gasteiger partial charge is 0.387 e. The van der Waals surface area contributed by atoms with Gasteiger partial charge in [-0.15, -0.1) is 11.3 Å². The summed E-state index contributed by atoms with van der Waals surface area (Å²) in [7, 11) is 1.95. The lowest BCUT2D eigenvalue weighted by atomic mass is 10.0. The second-order valence-corrected chi connectivity index (χ2v) is 10.5. The second-order valence-electron chi connectivity index (χ2n) is 9.48. The molecule has 2 aliphatic rings. The first kappa shape index (κ1) is 24.3. The lowest BCUT2D eigenvalue weighted by Gasteiger charge is -2.25. The number of rotatable bonds is 10. The van der Waals surface area contributed by atoms with Crippen LogP contribution in [0.1, 0.15) is 55.0 Å². The molecule has 2 aromatic carbocycles. The number of anilines is 1. The highest BCUT2D eigenvalue weighted by molar-refractivity contribution is 7.16. The zero-order valence-corrected chi connectivity index (χ0v) is 22.2. The van der Waals surface area contributed by atoms with E-state index in [0.29, 0.717) is 0 Å². The van der Waals surface area contributed by atoms with Crippen LogP contribution in [-0.4, -0.2) is 18.9 Å². The predicted octanol–water partition coefficient (Wildman–Crippen LogP) is 8.21. The Morgan fingerprint density at radius 3 is 2.58 bits per heavy atom. The number of fused-ring (bicyclic) bond motifs is 1. The number of benzene rings is 2. The van der Waals surface area contributed by atoms with Gasteiger partial charge in [0.1, 0.15) is 5.84 Å². The third-order valence-corrected chi connectivity index (χ3v) is 8.27. The first-order valence-corrected chi connectivity index (χ1v) is 13.9. The number of allylic oxidation sites excluding steroid dienone is 2. The number of thiophene rings is 1. The van der Waals surface area contributed by atoms with Crippen LogP contribution < -0.4 is 10.2 Å². The Balaban J connectivity index is 1.46. The molecule has 1 N–H and O–H groups in total. The molecular weight excluding hydrogens is 458 g/mol. The molecule has 0 spiro atoms. The average Bonchev–Trinajstić information content (AvgIpc) is 3.53. The Bertz CT molecular complexity index is 1290. The highest BCUT2D eigenvalue weighted by Crippen LogP contribution is 2.38. The van der Waals surface area contributed by atoms with Gasteiger partial charge in [0.25, 0.3) is 0 Å². The van der Waals surface area contributed by atoms with Crippen molar-refractivity contribution in [2.24, 2.45) is 4.99 Å². The third-order valence-electron chi connectivity index (χ3n) is 6.98. The molecule has 0 bridgehead atoms. The van der Waals surface area contributed by atoms with Gasteiger partial charge in [-0.1, -0.05) is 87.4 Å². The summed E-state index contributed by atoms with van der Waals surface area (Å²) in [4.78, 5) is 10.1. The zero-order valence-electron chi connectivity index (χ0n) is 21.3. The van der Waals surface area contributed by atoms with E-state index in [4.69, 9.17) is 4.99 Å². The van der Waals surface area contributed by atoms with E-state index in [0.717, 1.165) is 35.6 Å². The van der Waals surface area contributed by atoms with Crippen LogP contribution in [0.25, 0.3) is 16.1 Å². The third kappa shape index (κ3) is 4.96. The second kappa shape index (κ2) is 11.1. The van der Waals surface area contributed by atoms with Crippen molar-refractivity contribution in [3.63, 3.8) is 0 Å². The van der Waals surface area contributed by atoms with Gasteiger partial charge in [-0.2, -0.15) is 0 Å². The highest BCUT2D eigenvalue weighted by atomic mass is 32.1. The minimum Gasteiger partial charge on any atom is -0.387 e. The van der Waals surface area contributed by atoms with E-state index >= 15 is 0 Å². The molecule has 0 amide bonds. The van der Waals surface area contributed by atoms with Gasteiger partial charge in [0, 0.05) is 34.6 Å². The maximum absolute atomic E-state index is 5.16. The molecule has 0 saturated carbocycles. The van der Waals surface area contributed by atoms with Crippen LogP contribution >= 0.6 is 11.3 Å². The number of unbranched alkanes of at least 4 members (excludes halogenated alkanes) is 3. The van der Waals surface area contributed by atoms with Crippen molar-refractivity contribution in [3.8, 4) is 10.4 Å². The molecule has 36 heavy (non-hydrogen) atoms. The molecule has 2 heterocycles. The number of hydrogen-bond acceptors (Lipinski definition) is 4. The molecule has 1 aliphatic heterocycles. The molecule has 0 saturated heterocycles. The fourth-order valence-corrected chi connectivity index (χ4v) is 6.16. The van der Waals surface area contributed by atoms with Crippen LogP contribution in [-0.2, 0) is 6.42 Å². The minimum atomic E-state index is 0.187. The first-order chi connectivity index (χ1) is 17.7. The van der Waals surface area contributed by atoms with E-state index in [9.17, 15) is 0 Å². The molecule has 1 aliphatic carbocycles. The molecule has 5 rings (SSSR count). The van der Waals surface area contributed by atoms with Crippen molar-refractivity contribution in [3.05, 3.63) is 107 Å². The molecular formula is C32H35N3S. The van der Waals surface area contributed by atoms with Gasteiger partial charge < -0.3 is 5.32 Å². The van der Waals surface area contributed by atoms with Gasteiger partial charge in [0.05, 0.1) is 10.9 Å². The fourth-order valence-electron chi connectivity index (χ4n) is 4.97. The summed E-state index contributed by atoms with van der Waals surface area (Å²) in [5.41, 5.74) is 7.26. The van der Waals surface area contributed by atoms with Crippen LogP contribution in [0.4, 0.5) is 5.69 Å². The van der Waals surface area contributed by atoms with Gasteiger partial charge >= 0.3 is 0 Å². The summed E-state index contributed by atoms with van der Waals surface area (Å²) in [6.07, 6.45) is 13.7. The van der Waals surface area contributed by atoms with Gasteiger partial charge in [0.2, 0.25) is 0 Å². The topological polar surface area (TPSA) is 27.6 Å². The maximum atomic E-state index is 5.16. The molecule has 184 valence electrons. The van der Waals surface area contributed by atoms with Crippen LogP contribution in [0.3, 0.4) is 0 Å². The molecule has 4 heteroatoms. The molecule has 1 unspecified atom stereocenters. The van der Waals surface area contributed by atoms with E-state index in [-0.39, 0.29) is 6.04 Å². The summed E-state index contributed by atoms with van der Waals surface area (Å²) in [6.45, 7) is 6.47. The van der Waals surface area contributed by atoms with Crippen molar-refractivity contribution in [1.29, 1.82) is 0 Å². The Kier molecular flexibility index (Phi) is 7.52. The van der Waals surface area contributed by atoms with E-state index in [1.807, 2.05) is 18.4 Å². The normalized spacial score (nSPS) is 16.5. The first-order valence-electron chi connectivity index (χ1n) is 13.1. The maximum Gasteiger partial charge on any atom is 0.140 e. The number of nitrogens with one attached hydrogen (secondary N) is 1. The van der Waals surface area contributed by atoms with Crippen LogP contribution in [0.2, 0.25) is 0 Å². The lowest BCUT2D eigenvalue weighted by Crippen LogP contribution is -2.28. The molecule has 3 nitrogen and oxygen atoms in total. The smallest absolute Gasteiger partial charge is 0.140 e. The van der Waals surface area contributed by atoms with Gasteiger partial charge in [-0.25, -0.2) is 0 Å². The predicted molar refractivity (Wildman–Crippen MR) is 157 cm³/mol. The number of hydrogen-bond donors (Lipinski definition) is 1. The van der Waals surface area contributed by atoms with E-state index < -0.39 is 0 Å². The number of aryl methyl sites for hydroxylation is 1. The van der Waals surface area contributed by atoms with Crippen molar-refractivity contribution >= 4 is 28.6 Å². The Hall–Kier alpha value is -3.37. The fraction of sp³-hybridized carbons (Fsp3) is 0.281. The monoisotopic (exact) mass is 493 g/mol. The van der Waals surface area contributed by atoms with Gasteiger partial charge in [0.15, 0.2) is 0 Å². The minimum absolute atomic E-state index is 0.187. The van der Waals surface area contributed by atoms with Crippen molar-refractivity contribution < 1.29 is 0 Å². The van der Waals surface area contributed by atoms with Crippen LogP contribution in [0.15, 0.2) is 96.2 Å². The lowest BCUT2D eigenvalue weighted by molar-refractivity contribution is 0.668. The Labute approximate surface area is 219 Å². The quantitative estimate of drug-likeness (QED) is 0.288. The Morgan fingerprint density at radius 2 is 1.83 bits per heavy atom. The number of aliphatic imine (C=N–C) groups is 1. The summed E-state index contributed by atoms with van der Waals surface area (Å²) < 4.78 is 0. The number of para-hydroxylation sites is 1. The molecule has 3 aromatic rings. The molecule has 1 atom stereocenters. The SMILES string of the molecule is C=C(NC)c1cc(CCCCCC)c(-c2ccc(C3=NC4CC=CC=C4N3c3ccccc3)cc2)s1. The summed E-state index contributed by atoms with van der Waals surface area (Å²) in [5, 5.41) is 3.22. The molecule has 1 aromatic heterocycles. The van der Waals surface area contributed by atoms with Gasteiger partial charge in [-0.3, -0.25) is 9.89 Å². The number of amidine groups is 1. The van der Waals surface area contributed by atoms with Crippen molar-refractivity contribution in [1.82, 2.24) is 5.32 Å². The van der Waals surface area contributed by atoms with E-state index in [2.05, 4.69) is 103 Å². The average molecular weight is 494 g/mol. The standard InChI is InChI=1S/C32H35N3S/c1-4-5-6-8-13-26-22-30(23(2)33-3)36-31(26)24-18-20-25(21-19-24)32-34-28-16-11-12-17-29(28)35(32)27-14-9-7-10-15-27/h7,9-12,14-15,17-22,28,33H,2,4-6,8,13,16H2,1,3H3. The zero-order chi connectivity index (χ0) is 24.9. The van der Waals surface area contributed by atoms with E-state index in [1.54, 1.807) is 0 Å². The van der Waals surface area contributed by atoms with E-state index in [1.165, 1.54) is 52.3 Å². The summed E-state index contributed by atoms with van der Waals surface area (Å²) >= 11 is 1.84. The summed E-state index contributed by atoms with van der Waals surface area (Å²) in [5.74, 6) is 1.03. The number of nitrogens with zero attached hydrogens (tertiary/aromatic N) is 2. The van der Waals surface area contributed by atoms with Crippen molar-refractivity contribution in [2.75, 3.05) is 11.9 Å². The molecule has 0 fully saturated rings. The molecule has 0 radical (unpaired) electrons. The van der Waals surface area contributed by atoms with Crippen LogP contribution in [0.5, 0.6) is 0 Å².